The molecule has 0 fully saturated rings. The topological polar surface area (TPSA) is 55.1 Å². The van der Waals surface area contributed by atoms with Crippen LogP contribution in [0, 0.1) is 0 Å². The second-order valence-electron chi connectivity index (χ2n) is 4.93. The maximum absolute atomic E-state index is 10.5. The van der Waals surface area contributed by atoms with Gasteiger partial charge in [0, 0.05) is 12.6 Å². The third-order valence-electron chi connectivity index (χ3n) is 3.09. The molecule has 0 aliphatic rings. The fourth-order valence-electron chi connectivity index (χ4n) is 1.89. The zero-order valence-corrected chi connectivity index (χ0v) is 11.2. The Morgan fingerprint density at radius 2 is 2.00 bits per heavy atom. The summed E-state index contributed by atoms with van der Waals surface area (Å²) < 4.78 is 1.78. The molecule has 0 amide bonds. The van der Waals surface area contributed by atoms with Gasteiger partial charge in [0.2, 0.25) is 0 Å². The van der Waals surface area contributed by atoms with Crippen molar-refractivity contribution in [2.75, 3.05) is 0 Å². The van der Waals surface area contributed by atoms with Gasteiger partial charge in [-0.05, 0) is 35.6 Å². The van der Waals surface area contributed by atoms with Crippen molar-refractivity contribution in [1.82, 2.24) is 9.78 Å². The van der Waals surface area contributed by atoms with Crippen LogP contribution in [0.1, 0.15) is 37.3 Å². The average molecular weight is 258 g/mol. The molecule has 0 bridgehead atoms. The van der Waals surface area contributed by atoms with Gasteiger partial charge in [-0.15, -0.1) is 0 Å². The summed E-state index contributed by atoms with van der Waals surface area (Å²) in [5.41, 5.74) is 3.23. The van der Waals surface area contributed by atoms with Crippen LogP contribution in [0.2, 0.25) is 0 Å². The van der Waals surface area contributed by atoms with E-state index >= 15 is 0 Å². The third-order valence-corrected chi connectivity index (χ3v) is 3.09. The SMILES string of the molecule is CC(C)c1ccc(-n2cc(CCC(=O)O)cn2)cc1. The molecule has 0 aliphatic heterocycles. The van der Waals surface area contributed by atoms with Crippen LogP contribution in [0.3, 0.4) is 0 Å². The largest absolute Gasteiger partial charge is 0.481 e. The number of aliphatic carboxylic acids is 1. The molecule has 100 valence electrons. The molecule has 1 heterocycles. The van der Waals surface area contributed by atoms with E-state index in [1.807, 2.05) is 18.3 Å². The van der Waals surface area contributed by atoms with E-state index < -0.39 is 5.97 Å². The van der Waals surface area contributed by atoms with Gasteiger partial charge in [0.1, 0.15) is 0 Å². The van der Waals surface area contributed by atoms with Gasteiger partial charge in [-0.1, -0.05) is 26.0 Å². The van der Waals surface area contributed by atoms with Gasteiger partial charge in [-0.3, -0.25) is 4.79 Å². The van der Waals surface area contributed by atoms with Crippen molar-refractivity contribution < 1.29 is 9.90 Å². The summed E-state index contributed by atoms with van der Waals surface area (Å²) in [6.07, 6.45) is 4.25. The molecule has 4 heteroatoms. The number of hydrogen-bond acceptors (Lipinski definition) is 2. The van der Waals surface area contributed by atoms with Crippen LogP contribution in [0.4, 0.5) is 0 Å². The molecule has 1 N–H and O–H groups in total. The summed E-state index contributed by atoms with van der Waals surface area (Å²) in [4.78, 5) is 10.5. The molecule has 2 aromatic rings. The van der Waals surface area contributed by atoms with Gasteiger partial charge in [-0.2, -0.15) is 5.10 Å². The van der Waals surface area contributed by atoms with Crippen molar-refractivity contribution in [3.63, 3.8) is 0 Å². The van der Waals surface area contributed by atoms with E-state index in [0.29, 0.717) is 12.3 Å². The van der Waals surface area contributed by atoms with Gasteiger partial charge < -0.3 is 5.11 Å². The van der Waals surface area contributed by atoms with Crippen molar-refractivity contribution >= 4 is 5.97 Å². The number of carboxylic acids is 1. The molecule has 1 aromatic carbocycles. The van der Waals surface area contributed by atoms with Crippen LogP contribution in [0.5, 0.6) is 0 Å². The van der Waals surface area contributed by atoms with Crippen molar-refractivity contribution in [3.8, 4) is 5.69 Å². The summed E-state index contributed by atoms with van der Waals surface area (Å²) >= 11 is 0. The maximum Gasteiger partial charge on any atom is 0.303 e. The molecule has 0 saturated heterocycles. The minimum Gasteiger partial charge on any atom is -0.481 e. The first-order chi connectivity index (χ1) is 9.06. The number of carboxylic acid groups (broad SMARTS) is 1. The normalized spacial score (nSPS) is 10.9. The number of rotatable bonds is 5. The minimum absolute atomic E-state index is 0.137. The lowest BCUT2D eigenvalue weighted by Gasteiger charge is -2.06. The number of nitrogens with zero attached hydrogens (tertiary/aromatic N) is 2. The number of aromatic nitrogens is 2. The van der Waals surface area contributed by atoms with Crippen molar-refractivity contribution in [3.05, 3.63) is 47.8 Å². The van der Waals surface area contributed by atoms with E-state index in [1.165, 1.54) is 5.56 Å². The van der Waals surface area contributed by atoms with Gasteiger partial charge in [0.25, 0.3) is 0 Å². The minimum atomic E-state index is -0.783. The van der Waals surface area contributed by atoms with Gasteiger partial charge >= 0.3 is 5.97 Å². The quantitative estimate of drug-likeness (QED) is 0.896. The summed E-state index contributed by atoms with van der Waals surface area (Å²) in [6, 6.07) is 8.25. The molecule has 4 nitrogen and oxygen atoms in total. The number of hydrogen-bond donors (Lipinski definition) is 1. The highest BCUT2D eigenvalue weighted by Gasteiger charge is 2.04. The summed E-state index contributed by atoms with van der Waals surface area (Å²) in [5.74, 6) is -0.271. The monoisotopic (exact) mass is 258 g/mol. The van der Waals surface area contributed by atoms with E-state index in [2.05, 4.69) is 31.1 Å². The lowest BCUT2D eigenvalue weighted by Crippen LogP contribution is -1.97. The van der Waals surface area contributed by atoms with E-state index in [1.54, 1.807) is 10.9 Å². The first kappa shape index (κ1) is 13.3. The Morgan fingerprint density at radius 3 is 2.58 bits per heavy atom. The van der Waals surface area contributed by atoms with Crippen LogP contribution < -0.4 is 0 Å². The maximum atomic E-state index is 10.5. The van der Waals surface area contributed by atoms with E-state index in [-0.39, 0.29) is 6.42 Å². The number of carbonyl (C=O) groups is 1. The summed E-state index contributed by atoms with van der Waals surface area (Å²) in [5, 5.41) is 12.9. The molecule has 2 rings (SSSR count). The zero-order chi connectivity index (χ0) is 13.8. The van der Waals surface area contributed by atoms with Gasteiger partial charge in [0.05, 0.1) is 11.9 Å². The van der Waals surface area contributed by atoms with Crippen molar-refractivity contribution in [1.29, 1.82) is 0 Å². The number of aryl methyl sites for hydroxylation is 1. The summed E-state index contributed by atoms with van der Waals surface area (Å²) in [7, 11) is 0. The van der Waals surface area contributed by atoms with Gasteiger partial charge in [-0.25, -0.2) is 4.68 Å². The Morgan fingerprint density at radius 1 is 1.32 bits per heavy atom. The molecular formula is C15H18N2O2. The molecular weight excluding hydrogens is 240 g/mol. The fraction of sp³-hybridized carbons (Fsp3) is 0.333. The molecule has 0 atom stereocenters. The molecule has 1 aromatic heterocycles. The Kier molecular flexibility index (Phi) is 4.00. The molecule has 0 saturated carbocycles. The molecule has 0 radical (unpaired) electrons. The van der Waals surface area contributed by atoms with E-state index in [4.69, 9.17) is 5.11 Å². The molecule has 0 spiro atoms. The zero-order valence-electron chi connectivity index (χ0n) is 11.2. The van der Waals surface area contributed by atoms with Crippen LogP contribution in [0.25, 0.3) is 5.69 Å². The Labute approximate surface area is 112 Å². The fourth-order valence-corrected chi connectivity index (χ4v) is 1.89. The standard InChI is InChI=1S/C15H18N2O2/c1-11(2)13-4-6-14(7-5-13)17-10-12(9-16-17)3-8-15(18)19/h4-7,9-11H,3,8H2,1-2H3,(H,18,19). The van der Waals surface area contributed by atoms with Crippen LogP contribution in [0.15, 0.2) is 36.7 Å². The first-order valence-electron chi connectivity index (χ1n) is 6.42. The second kappa shape index (κ2) is 5.69. The Bertz CT molecular complexity index is 556. The average Bonchev–Trinajstić information content (AvgIpc) is 2.85. The number of benzene rings is 1. The lowest BCUT2D eigenvalue weighted by atomic mass is 10.0. The van der Waals surface area contributed by atoms with Crippen LogP contribution in [-0.2, 0) is 11.2 Å². The van der Waals surface area contributed by atoms with Crippen LogP contribution in [-0.4, -0.2) is 20.9 Å². The Hall–Kier alpha value is -2.10. The third kappa shape index (κ3) is 3.44. The lowest BCUT2D eigenvalue weighted by molar-refractivity contribution is -0.136. The second-order valence-corrected chi connectivity index (χ2v) is 4.93. The highest BCUT2D eigenvalue weighted by atomic mass is 16.4. The van der Waals surface area contributed by atoms with Crippen LogP contribution >= 0.6 is 0 Å². The van der Waals surface area contributed by atoms with Crippen molar-refractivity contribution in [2.45, 2.75) is 32.6 Å². The van der Waals surface area contributed by atoms with Gasteiger partial charge in [0.15, 0.2) is 0 Å². The predicted molar refractivity (Wildman–Crippen MR) is 73.6 cm³/mol. The Balaban J connectivity index is 2.11. The highest BCUT2D eigenvalue weighted by molar-refractivity contribution is 5.67. The smallest absolute Gasteiger partial charge is 0.303 e. The molecule has 19 heavy (non-hydrogen) atoms. The van der Waals surface area contributed by atoms with E-state index in [0.717, 1.165) is 11.3 Å². The first-order valence-corrected chi connectivity index (χ1v) is 6.42. The van der Waals surface area contributed by atoms with E-state index in [9.17, 15) is 4.79 Å². The molecule has 0 unspecified atom stereocenters. The van der Waals surface area contributed by atoms with Crippen molar-refractivity contribution in [2.24, 2.45) is 0 Å². The summed E-state index contributed by atoms with van der Waals surface area (Å²) in [6.45, 7) is 4.32. The predicted octanol–water partition coefficient (Wildman–Crippen LogP) is 3.01. The highest BCUT2D eigenvalue weighted by Crippen LogP contribution is 2.17. The molecule has 0 aliphatic carbocycles.